The van der Waals surface area contributed by atoms with Crippen LogP contribution >= 0.6 is 0 Å². The van der Waals surface area contributed by atoms with Gasteiger partial charge in [0.15, 0.2) is 0 Å². The van der Waals surface area contributed by atoms with Crippen LogP contribution in [0, 0.1) is 5.92 Å². The van der Waals surface area contributed by atoms with E-state index in [-0.39, 0.29) is 18.0 Å². The number of nitrogens with zero attached hydrogens (tertiary/aromatic N) is 2. The lowest BCUT2D eigenvalue weighted by molar-refractivity contribution is -0.123. The van der Waals surface area contributed by atoms with Crippen LogP contribution in [-0.2, 0) is 11.2 Å². The van der Waals surface area contributed by atoms with E-state index in [0.717, 1.165) is 16.3 Å². The second-order valence-corrected chi connectivity index (χ2v) is 8.16. The Bertz CT molecular complexity index is 1060. The van der Waals surface area contributed by atoms with Crippen LogP contribution in [0.3, 0.4) is 0 Å². The van der Waals surface area contributed by atoms with E-state index in [1.54, 1.807) is 0 Å². The number of carbonyl (C=O) groups is 2. The second-order valence-electron chi connectivity index (χ2n) is 8.16. The molecule has 8 nitrogen and oxygen atoms in total. The molecule has 0 aliphatic rings. The van der Waals surface area contributed by atoms with E-state index in [1.807, 2.05) is 56.3 Å². The van der Waals surface area contributed by atoms with Crippen molar-refractivity contribution in [2.24, 2.45) is 5.92 Å². The van der Waals surface area contributed by atoms with Gasteiger partial charge in [0.25, 0.3) is 5.91 Å². The summed E-state index contributed by atoms with van der Waals surface area (Å²) in [5.74, 6) is -1.76. The first kappa shape index (κ1) is 23.4. The maximum atomic E-state index is 13.1. The highest BCUT2D eigenvalue weighted by atomic mass is 16.4. The first-order chi connectivity index (χ1) is 15.3. The summed E-state index contributed by atoms with van der Waals surface area (Å²) < 4.78 is 0. The Labute approximate surface area is 187 Å². The highest BCUT2D eigenvalue weighted by Crippen LogP contribution is 2.17. The van der Waals surface area contributed by atoms with Crippen LogP contribution in [-0.4, -0.2) is 50.9 Å². The molecule has 9 heteroatoms. The molecule has 0 aliphatic heterocycles. The maximum absolute atomic E-state index is 13.1. The van der Waals surface area contributed by atoms with Crippen molar-refractivity contribution in [3.63, 3.8) is 0 Å². The van der Waals surface area contributed by atoms with Crippen molar-refractivity contribution in [3.8, 4) is 0 Å². The third kappa shape index (κ3) is 6.35. The van der Waals surface area contributed by atoms with Gasteiger partial charge in [-0.25, -0.2) is 4.98 Å². The largest absolute Gasteiger partial charge is 0.475 e. The summed E-state index contributed by atoms with van der Waals surface area (Å²) in [7, 11) is -1.71. The molecule has 0 saturated carbocycles. The zero-order chi connectivity index (χ0) is 23.1. The zero-order valence-electron chi connectivity index (χ0n) is 18.1. The summed E-state index contributed by atoms with van der Waals surface area (Å²) >= 11 is 0. The quantitative estimate of drug-likeness (QED) is 0.379. The van der Waals surface area contributed by atoms with Gasteiger partial charge in [0.2, 0.25) is 5.91 Å². The Morgan fingerprint density at radius 3 is 2.44 bits per heavy atom. The molecule has 1 heterocycles. The molecule has 0 spiro atoms. The highest BCUT2D eigenvalue weighted by molar-refractivity contribution is 6.43. The fourth-order valence-electron chi connectivity index (χ4n) is 3.51. The molecule has 0 fully saturated rings. The van der Waals surface area contributed by atoms with E-state index in [0.29, 0.717) is 6.42 Å². The Hall–Kier alpha value is -3.30. The molecule has 2 amide bonds. The number of hydrogen-bond donors (Lipinski definition) is 4. The number of aromatic nitrogens is 2. The van der Waals surface area contributed by atoms with Gasteiger partial charge >= 0.3 is 7.12 Å². The number of benzene rings is 2. The molecule has 32 heavy (non-hydrogen) atoms. The first-order valence-corrected chi connectivity index (χ1v) is 10.5. The summed E-state index contributed by atoms with van der Waals surface area (Å²) in [4.78, 5) is 33.6. The van der Waals surface area contributed by atoms with Crippen LogP contribution in [0.15, 0.2) is 61.1 Å². The SMILES string of the molecule is CC(C)C[C@H](NC(=O)[C@H](Cc1ccc2ccccc2c1)NC(=O)c1cnccn1)B(O)O. The average Bonchev–Trinajstić information content (AvgIpc) is 2.78. The van der Waals surface area contributed by atoms with Crippen molar-refractivity contribution in [2.75, 3.05) is 0 Å². The third-order valence-electron chi connectivity index (χ3n) is 5.08. The Morgan fingerprint density at radius 1 is 1.03 bits per heavy atom. The van der Waals surface area contributed by atoms with E-state index in [9.17, 15) is 19.6 Å². The van der Waals surface area contributed by atoms with Crippen LogP contribution in [0.25, 0.3) is 10.8 Å². The normalized spacial score (nSPS) is 12.9. The van der Waals surface area contributed by atoms with Crippen molar-refractivity contribution >= 4 is 29.7 Å². The minimum absolute atomic E-state index is 0.0877. The zero-order valence-corrected chi connectivity index (χ0v) is 18.1. The van der Waals surface area contributed by atoms with Crippen LogP contribution in [0.4, 0.5) is 0 Å². The van der Waals surface area contributed by atoms with Gasteiger partial charge in [-0.2, -0.15) is 0 Å². The number of fused-ring (bicyclic) bond motifs is 1. The van der Waals surface area contributed by atoms with Gasteiger partial charge in [-0.15, -0.1) is 0 Å². The van der Waals surface area contributed by atoms with Gasteiger partial charge in [0.05, 0.1) is 12.1 Å². The summed E-state index contributed by atoms with van der Waals surface area (Å²) in [6.07, 6.45) is 4.77. The molecule has 0 unspecified atom stereocenters. The minimum Gasteiger partial charge on any atom is -0.426 e. The lowest BCUT2D eigenvalue weighted by Crippen LogP contribution is -2.55. The molecule has 4 N–H and O–H groups in total. The van der Waals surface area contributed by atoms with E-state index >= 15 is 0 Å². The number of hydrogen-bond acceptors (Lipinski definition) is 6. The van der Waals surface area contributed by atoms with Gasteiger partial charge in [-0.1, -0.05) is 56.3 Å². The van der Waals surface area contributed by atoms with Gasteiger partial charge in [-0.3, -0.25) is 14.6 Å². The Morgan fingerprint density at radius 2 is 1.78 bits per heavy atom. The number of amides is 2. The molecule has 2 atom stereocenters. The monoisotopic (exact) mass is 434 g/mol. The summed E-state index contributed by atoms with van der Waals surface area (Å²) in [6.45, 7) is 3.84. The summed E-state index contributed by atoms with van der Waals surface area (Å²) in [6, 6.07) is 12.8. The Kier molecular flexibility index (Phi) is 7.91. The van der Waals surface area contributed by atoms with Crippen molar-refractivity contribution in [1.82, 2.24) is 20.6 Å². The number of carbonyl (C=O) groups excluding carboxylic acids is 2. The maximum Gasteiger partial charge on any atom is 0.475 e. The topological polar surface area (TPSA) is 124 Å². The van der Waals surface area contributed by atoms with Gasteiger partial charge < -0.3 is 20.7 Å². The lowest BCUT2D eigenvalue weighted by Gasteiger charge is -2.24. The van der Waals surface area contributed by atoms with E-state index < -0.39 is 30.9 Å². The molecular formula is C23H27BN4O4. The smallest absolute Gasteiger partial charge is 0.426 e. The predicted molar refractivity (Wildman–Crippen MR) is 123 cm³/mol. The van der Waals surface area contributed by atoms with Crippen LogP contribution in [0.1, 0.15) is 36.3 Å². The standard InChI is InChI=1S/C23H27BN4O4/c1-15(2)11-21(24(31)32)28-22(29)19(27-23(30)20-14-25-9-10-26-20)13-16-7-8-17-5-3-4-6-18(17)12-16/h3-10,12,14-15,19,21,31-32H,11,13H2,1-2H3,(H,27,30)(H,28,29)/t19-,21-/m0/s1. The van der Waals surface area contributed by atoms with Crippen molar-refractivity contribution in [2.45, 2.75) is 38.7 Å². The molecule has 2 aromatic carbocycles. The van der Waals surface area contributed by atoms with Crippen molar-refractivity contribution in [1.29, 1.82) is 0 Å². The third-order valence-corrected chi connectivity index (χ3v) is 5.08. The number of rotatable bonds is 9. The molecule has 0 bridgehead atoms. The predicted octanol–water partition coefficient (Wildman–Crippen LogP) is 1.51. The van der Waals surface area contributed by atoms with E-state index in [1.165, 1.54) is 18.6 Å². The van der Waals surface area contributed by atoms with Crippen LogP contribution in [0.2, 0.25) is 0 Å². The fraction of sp³-hybridized carbons (Fsp3) is 0.304. The molecule has 166 valence electrons. The lowest BCUT2D eigenvalue weighted by atomic mass is 9.75. The second kappa shape index (κ2) is 10.8. The van der Waals surface area contributed by atoms with Gasteiger partial charge in [-0.05, 0) is 28.7 Å². The van der Waals surface area contributed by atoms with E-state index in [4.69, 9.17) is 0 Å². The number of nitrogens with one attached hydrogen (secondary N) is 2. The highest BCUT2D eigenvalue weighted by Gasteiger charge is 2.30. The van der Waals surface area contributed by atoms with Gasteiger partial charge in [0, 0.05) is 18.8 Å². The van der Waals surface area contributed by atoms with Crippen molar-refractivity contribution in [3.05, 3.63) is 72.3 Å². The van der Waals surface area contributed by atoms with Crippen LogP contribution in [0.5, 0.6) is 0 Å². The molecule has 3 aromatic rings. The van der Waals surface area contributed by atoms with E-state index in [2.05, 4.69) is 20.6 Å². The molecule has 0 saturated heterocycles. The van der Waals surface area contributed by atoms with Gasteiger partial charge in [0.1, 0.15) is 11.7 Å². The molecule has 1 aromatic heterocycles. The molecule has 0 aliphatic carbocycles. The minimum atomic E-state index is -1.71. The summed E-state index contributed by atoms with van der Waals surface area (Å²) in [5, 5.41) is 26.9. The summed E-state index contributed by atoms with van der Waals surface area (Å²) in [5.41, 5.74) is 0.943. The molecular weight excluding hydrogens is 407 g/mol. The Balaban J connectivity index is 1.83. The fourth-order valence-corrected chi connectivity index (χ4v) is 3.51. The average molecular weight is 434 g/mol. The van der Waals surface area contributed by atoms with Crippen LogP contribution < -0.4 is 10.6 Å². The first-order valence-electron chi connectivity index (χ1n) is 10.5. The molecule has 0 radical (unpaired) electrons. The molecule has 3 rings (SSSR count). The van der Waals surface area contributed by atoms with Crippen molar-refractivity contribution < 1.29 is 19.6 Å².